The average Bonchev–Trinajstić information content (AvgIpc) is 2.45. The molecule has 5 heteroatoms. The first-order valence-corrected chi connectivity index (χ1v) is 7.60. The molecule has 0 saturated carbocycles. The minimum atomic E-state index is -0.115. The number of rotatable bonds is 4. The Morgan fingerprint density at radius 2 is 2.05 bits per heavy atom. The highest BCUT2D eigenvalue weighted by Gasteiger charge is 2.26. The van der Waals surface area contributed by atoms with Crippen molar-refractivity contribution in [2.75, 3.05) is 18.1 Å². The highest BCUT2D eigenvalue weighted by atomic mass is 16.5. The van der Waals surface area contributed by atoms with Crippen molar-refractivity contribution in [2.45, 2.75) is 40.2 Å². The molecule has 1 unspecified atom stereocenters. The second kappa shape index (κ2) is 6.38. The predicted octanol–water partition coefficient (Wildman–Crippen LogP) is 2.35. The van der Waals surface area contributed by atoms with E-state index in [0.29, 0.717) is 12.3 Å². The fourth-order valence-electron chi connectivity index (χ4n) is 2.14. The van der Waals surface area contributed by atoms with Crippen molar-refractivity contribution in [3.8, 4) is 5.75 Å². The molecule has 0 spiro atoms. The van der Waals surface area contributed by atoms with Crippen molar-refractivity contribution in [1.29, 1.82) is 0 Å². The zero-order valence-electron chi connectivity index (χ0n) is 13.7. The largest absolute Gasteiger partial charge is 0.482 e. The molecule has 0 saturated heterocycles. The van der Waals surface area contributed by atoms with Gasteiger partial charge in [-0.3, -0.25) is 9.59 Å². The molecule has 1 heterocycles. The van der Waals surface area contributed by atoms with Crippen molar-refractivity contribution >= 4 is 17.5 Å². The lowest BCUT2D eigenvalue weighted by atomic mass is 9.88. The summed E-state index contributed by atoms with van der Waals surface area (Å²) in [6.45, 7) is 8.63. The summed E-state index contributed by atoms with van der Waals surface area (Å²) in [4.78, 5) is 25.7. The first kappa shape index (κ1) is 16.3. The number of carbonyl (C=O) groups is 2. The molecule has 1 N–H and O–H groups in total. The Labute approximate surface area is 131 Å². The highest BCUT2D eigenvalue weighted by molar-refractivity contribution is 5.98. The number of ether oxygens (including phenoxy) is 1. The number of nitrogens with one attached hydrogen (secondary N) is 1. The Hall–Kier alpha value is -2.04. The van der Waals surface area contributed by atoms with E-state index < -0.39 is 0 Å². The van der Waals surface area contributed by atoms with Gasteiger partial charge in [0.1, 0.15) is 5.75 Å². The number of hydrogen-bond donors (Lipinski definition) is 1. The SMILES string of the molecule is CC(NC(=O)CCN1C(=O)COc2ccccc21)C(C)(C)C. The standard InChI is InChI=1S/C17H24N2O3/c1-12(17(2,3)4)18-15(20)9-10-19-13-7-5-6-8-14(13)22-11-16(19)21/h5-8,12H,9-11H2,1-4H3,(H,18,20). The lowest BCUT2D eigenvalue weighted by Gasteiger charge is -2.30. The number of fused-ring (bicyclic) bond motifs is 1. The molecule has 1 aliphatic heterocycles. The van der Waals surface area contributed by atoms with Gasteiger partial charge in [0.15, 0.2) is 6.61 Å². The molecule has 0 radical (unpaired) electrons. The van der Waals surface area contributed by atoms with Crippen molar-refractivity contribution in [1.82, 2.24) is 5.32 Å². The number of amides is 2. The van der Waals surface area contributed by atoms with E-state index in [1.807, 2.05) is 31.2 Å². The maximum atomic E-state index is 12.1. The molecule has 5 nitrogen and oxygen atoms in total. The molecule has 0 bridgehead atoms. The van der Waals surface area contributed by atoms with Crippen LogP contribution in [0.15, 0.2) is 24.3 Å². The van der Waals surface area contributed by atoms with Crippen LogP contribution in [0.4, 0.5) is 5.69 Å². The molecule has 22 heavy (non-hydrogen) atoms. The summed E-state index contributed by atoms with van der Waals surface area (Å²) in [6, 6.07) is 7.46. The second-order valence-corrected chi connectivity index (χ2v) is 6.71. The van der Waals surface area contributed by atoms with E-state index in [2.05, 4.69) is 26.1 Å². The topological polar surface area (TPSA) is 58.6 Å². The monoisotopic (exact) mass is 304 g/mol. The number of anilines is 1. The molecule has 0 aliphatic carbocycles. The molecule has 1 aromatic carbocycles. The van der Waals surface area contributed by atoms with E-state index in [4.69, 9.17) is 4.74 Å². The van der Waals surface area contributed by atoms with E-state index in [0.717, 1.165) is 5.69 Å². The smallest absolute Gasteiger partial charge is 0.265 e. The van der Waals surface area contributed by atoms with Crippen molar-refractivity contribution in [3.63, 3.8) is 0 Å². The van der Waals surface area contributed by atoms with Crippen LogP contribution in [-0.4, -0.2) is 31.0 Å². The number of benzene rings is 1. The van der Waals surface area contributed by atoms with E-state index in [1.54, 1.807) is 4.90 Å². The maximum absolute atomic E-state index is 12.1. The number of nitrogens with zero attached hydrogens (tertiary/aromatic N) is 1. The zero-order chi connectivity index (χ0) is 16.3. The fraction of sp³-hybridized carbons (Fsp3) is 0.529. The van der Waals surface area contributed by atoms with Gasteiger partial charge in [-0.25, -0.2) is 0 Å². The third-order valence-electron chi connectivity index (χ3n) is 4.05. The lowest BCUT2D eigenvalue weighted by molar-refractivity contribution is -0.122. The summed E-state index contributed by atoms with van der Waals surface area (Å²) >= 11 is 0. The highest BCUT2D eigenvalue weighted by Crippen LogP contribution is 2.31. The lowest BCUT2D eigenvalue weighted by Crippen LogP contribution is -2.44. The van der Waals surface area contributed by atoms with E-state index in [-0.39, 0.29) is 36.3 Å². The quantitative estimate of drug-likeness (QED) is 0.929. The number of carbonyl (C=O) groups excluding carboxylic acids is 2. The van der Waals surface area contributed by atoms with Gasteiger partial charge < -0.3 is 15.0 Å². The van der Waals surface area contributed by atoms with Gasteiger partial charge in [0.25, 0.3) is 5.91 Å². The van der Waals surface area contributed by atoms with Gasteiger partial charge in [0, 0.05) is 19.0 Å². The molecule has 1 aromatic rings. The molecular formula is C17H24N2O3. The van der Waals surface area contributed by atoms with Gasteiger partial charge in [0.2, 0.25) is 5.91 Å². The molecular weight excluding hydrogens is 280 g/mol. The third-order valence-corrected chi connectivity index (χ3v) is 4.05. The van der Waals surface area contributed by atoms with Gasteiger partial charge in [-0.1, -0.05) is 32.9 Å². The first-order chi connectivity index (χ1) is 10.3. The van der Waals surface area contributed by atoms with Gasteiger partial charge in [-0.05, 0) is 24.5 Å². The van der Waals surface area contributed by atoms with Crippen LogP contribution >= 0.6 is 0 Å². The molecule has 2 amide bonds. The van der Waals surface area contributed by atoms with E-state index >= 15 is 0 Å². The Morgan fingerprint density at radius 1 is 1.36 bits per heavy atom. The Morgan fingerprint density at radius 3 is 2.73 bits per heavy atom. The van der Waals surface area contributed by atoms with Crippen molar-refractivity contribution < 1.29 is 14.3 Å². The Kier molecular flexibility index (Phi) is 4.74. The molecule has 0 aromatic heterocycles. The molecule has 2 rings (SSSR count). The summed E-state index contributed by atoms with van der Waals surface area (Å²) in [5.74, 6) is 0.528. The van der Waals surface area contributed by atoms with Crippen LogP contribution in [0.1, 0.15) is 34.1 Å². The van der Waals surface area contributed by atoms with Gasteiger partial charge in [-0.15, -0.1) is 0 Å². The third kappa shape index (κ3) is 3.78. The van der Waals surface area contributed by atoms with E-state index in [1.165, 1.54) is 0 Å². The van der Waals surface area contributed by atoms with Crippen LogP contribution in [-0.2, 0) is 9.59 Å². The minimum Gasteiger partial charge on any atom is -0.482 e. The summed E-state index contributed by atoms with van der Waals surface area (Å²) in [5.41, 5.74) is 0.743. The van der Waals surface area contributed by atoms with Crippen molar-refractivity contribution in [2.24, 2.45) is 5.41 Å². The zero-order valence-corrected chi connectivity index (χ0v) is 13.7. The number of para-hydroxylation sites is 2. The summed E-state index contributed by atoms with van der Waals surface area (Å²) in [5, 5.41) is 2.99. The van der Waals surface area contributed by atoms with Gasteiger partial charge >= 0.3 is 0 Å². The summed E-state index contributed by atoms with van der Waals surface area (Å²) in [7, 11) is 0. The second-order valence-electron chi connectivity index (χ2n) is 6.71. The number of hydrogen-bond acceptors (Lipinski definition) is 3. The molecule has 0 fully saturated rings. The maximum Gasteiger partial charge on any atom is 0.265 e. The van der Waals surface area contributed by atoms with Crippen LogP contribution in [0, 0.1) is 5.41 Å². The van der Waals surface area contributed by atoms with E-state index in [9.17, 15) is 9.59 Å². The van der Waals surface area contributed by atoms with Crippen LogP contribution in [0.3, 0.4) is 0 Å². The first-order valence-electron chi connectivity index (χ1n) is 7.60. The van der Waals surface area contributed by atoms with Crippen LogP contribution in [0.2, 0.25) is 0 Å². The van der Waals surface area contributed by atoms with Crippen LogP contribution in [0.25, 0.3) is 0 Å². The van der Waals surface area contributed by atoms with Gasteiger partial charge in [0.05, 0.1) is 5.69 Å². The fourth-order valence-corrected chi connectivity index (χ4v) is 2.14. The predicted molar refractivity (Wildman–Crippen MR) is 86.0 cm³/mol. The van der Waals surface area contributed by atoms with Crippen LogP contribution < -0.4 is 15.0 Å². The molecule has 1 aliphatic rings. The van der Waals surface area contributed by atoms with Crippen LogP contribution in [0.5, 0.6) is 5.75 Å². The molecule has 120 valence electrons. The van der Waals surface area contributed by atoms with Gasteiger partial charge in [-0.2, -0.15) is 0 Å². The Bertz CT molecular complexity index is 563. The summed E-state index contributed by atoms with van der Waals surface area (Å²) in [6.07, 6.45) is 0.278. The minimum absolute atomic E-state index is 0.0110. The average molecular weight is 304 g/mol. The normalized spacial score (nSPS) is 15.8. The molecule has 1 atom stereocenters. The Balaban J connectivity index is 1.97. The summed E-state index contributed by atoms with van der Waals surface area (Å²) < 4.78 is 5.39. The van der Waals surface area contributed by atoms with Crippen molar-refractivity contribution in [3.05, 3.63) is 24.3 Å².